The first-order valence-corrected chi connectivity index (χ1v) is 9.13. The molecule has 0 spiro atoms. The van der Waals surface area contributed by atoms with E-state index >= 15 is 0 Å². The molecule has 3 aromatic rings. The number of fused-ring (bicyclic) bond motifs is 1. The topological polar surface area (TPSA) is 70.7 Å². The zero-order valence-corrected chi connectivity index (χ0v) is 16.6. The summed E-state index contributed by atoms with van der Waals surface area (Å²) in [5.74, 6) is -1.38. The van der Waals surface area contributed by atoms with Crippen LogP contribution in [0.2, 0.25) is 0 Å². The molecule has 2 aromatic carbocycles. The second-order valence-electron chi connectivity index (χ2n) is 7.61. The predicted molar refractivity (Wildman–Crippen MR) is 103 cm³/mol. The molecule has 0 fully saturated rings. The van der Waals surface area contributed by atoms with E-state index in [2.05, 4.69) is 4.74 Å². The van der Waals surface area contributed by atoms with Crippen molar-refractivity contribution in [2.45, 2.75) is 45.7 Å². The number of benzene rings is 2. The number of carbonyl (C=O) groups excluding carboxylic acids is 1. The molecule has 3 rings (SSSR count). The molecule has 1 heterocycles. The predicted octanol–water partition coefficient (Wildman–Crippen LogP) is 4.89. The SMILES string of the molecule is CC(C)(C)OC(=O)CCn1c(=O)oc2ccc(-c3ccc(OC(F)(F)F)cc3)cc21. The highest BCUT2D eigenvalue weighted by atomic mass is 19.4. The van der Waals surface area contributed by atoms with Crippen LogP contribution in [0.3, 0.4) is 0 Å². The molecular formula is C21H20F3NO5. The number of carbonyl (C=O) groups is 1. The Balaban J connectivity index is 1.84. The van der Waals surface area contributed by atoms with Gasteiger partial charge in [-0.05, 0) is 56.2 Å². The van der Waals surface area contributed by atoms with E-state index in [0.29, 0.717) is 22.2 Å². The number of ether oxygens (including phenoxy) is 2. The Morgan fingerprint density at radius 1 is 1.03 bits per heavy atom. The van der Waals surface area contributed by atoms with Gasteiger partial charge in [0.25, 0.3) is 0 Å². The average Bonchev–Trinajstić information content (AvgIpc) is 2.92. The van der Waals surface area contributed by atoms with Gasteiger partial charge >= 0.3 is 18.1 Å². The maximum Gasteiger partial charge on any atom is 0.573 e. The first-order chi connectivity index (χ1) is 13.9. The molecule has 30 heavy (non-hydrogen) atoms. The van der Waals surface area contributed by atoms with Gasteiger partial charge < -0.3 is 13.9 Å². The van der Waals surface area contributed by atoms with Gasteiger partial charge in [0, 0.05) is 6.54 Å². The first kappa shape index (κ1) is 21.5. The summed E-state index contributed by atoms with van der Waals surface area (Å²) in [4.78, 5) is 24.1. The minimum absolute atomic E-state index is 0.0144. The summed E-state index contributed by atoms with van der Waals surface area (Å²) in [6.45, 7) is 5.33. The lowest BCUT2D eigenvalue weighted by molar-refractivity contribution is -0.274. The van der Waals surface area contributed by atoms with Crippen LogP contribution in [0.25, 0.3) is 22.2 Å². The Hall–Kier alpha value is -3.23. The number of rotatable bonds is 5. The van der Waals surface area contributed by atoms with E-state index < -0.39 is 23.7 Å². The minimum atomic E-state index is -4.76. The van der Waals surface area contributed by atoms with Crippen molar-refractivity contribution in [2.24, 2.45) is 0 Å². The number of aromatic nitrogens is 1. The molecular weight excluding hydrogens is 403 g/mol. The number of nitrogens with zero attached hydrogens (tertiary/aromatic N) is 1. The van der Waals surface area contributed by atoms with Gasteiger partial charge in [-0.15, -0.1) is 13.2 Å². The molecule has 0 aliphatic rings. The fourth-order valence-electron chi connectivity index (χ4n) is 2.90. The molecule has 1 aromatic heterocycles. The van der Waals surface area contributed by atoms with Crippen molar-refractivity contribution in [1.29, 1.82) is 0 Å². The summed E-state index contributed by atoms with van der Waals surface area (Å²) in [5, 5.41) is 0. The summed E-state index contributed by atoms with van der Waals surface area (Å²) >= 11 is 0. The van der Waals surface area contributed by atoms with Gasteiger partial charge in [0.15, 0.2) is 5.58 Å². The highest BCUT2D eigenvalue weighted by Crippen LogP contribution is 2.28. The number of esters is 1. The smallest absolute Gasteiger partial charge is 0.460 e. The summed E-state index contributed by atoms with van der Waals surface area (Å²) < 4.78 is 52.6. The summed E-state index contributed by atoms with van der Waals surface area (Å²) in [7, 11) is 0. The largest absolute Gasteiger partial charge is 0.573 e. The monoisotopic (exact) mass is 423 g/mol. The third kappa shape index (κ3) is 5.43. The Kier molecular flexibility index (Phi) is 5.65. The second kappa shape index (κ2) is 7.89. The van der Waals surface area contributed by atoms with Crippen LogP contribution < -0.4 is 10.5 Å². The quantitative estimate of drug-likeness (QED) is 0.547. The summed E-state index contributed by atoms with van der Waals surface area (Å²) in [6.07, 6.45) is -4.78. The van der Waals surface area contributed by atoms with Crippen molar-refractivity contribution >= 4 is 17.1 Å². The van der Waals surface area contributed by atoms with Crippen LogP contribution in [0.4, 0.5) is 13.2 Å². The zero-order valence-electron chi connectivity index (χ0n) is 16.6. The van der Waals surface area contributed by atoms with Crippen LogP contribution in [0.1, 0.15) is 27.2 Å². The minimum Gasteiger partial charge on any atom is -0.460 e. The Morgan fingerprint density at radius 2 is 1.67 bits per heavy atom. The van der Waals surface area contributed by atoms with Crippen molar-refractivity contribution in [2.75, 3.05) is 0 Å². The molecule has 9 heteroatoms. The normalized spacial score (nSPS) is 12.2. The summed E-state index contributed by atoms with van der Waals surface area (Å²) in [6, 6.07) is 10.3. The van der Waals surface area contributed by atoms with Crippen LogP contribution >= 0.6 is 0 Å². The molecule has 0 atom stereocenters. The number of hydrogen-bond donors (Lipinski definition) is 0. The fourth-order valence-corrected chi connectivity index (χ4v) is 2.90. The van der Waals surface area contributed by atoms with Crippen molar-refractivity contribution in [3.63, 3.8) is 0 Å². The van der Waals surface area contributed by atoms with Crippen LogP contribution in [-0.4, -0.2) is 22.5 Å². The van der Waals surface area contributed by atoms with Crippen LogP contribution in [-0.2, 0) is 16.1 Å². The van der Waals surface area contributed by atoms with Crippen LogP contribution in [0.15, 0.2) is 51.7 Å². The van der Waals surface area contributed by atoms with E-state index in [1.807, 2.05) is 0 Å². The second-order valence-corrected chi connectivity index (χ2v) is 7.61. The van der Waals surface area contributed by atoms with Gasteiger partial charge in [-0.3, -0.25) is 9.36 Å². The van der Waals surface area contributed by atoms with Gasteiger partial charge in [-0.25, -0.2) is 4.79 Å². The summed E-state index contributed by atoms with van der Waals surface area (Å²) in [5.41, 5.74) is 1.46. The van der Waals surface area contributed by atoms with Crippen molar-refractivity contribution in [3.05, 3.63) is 53.0 Å². The number of hydrogen-bond acceptors (Lipinski definition) is 5. The van der Waals surface area contributed by atoms with Crippen LogP contribution in [0.5, 0.6) is 5.75 Å². The lowest BCUT2D eigenvalue weighted by Gasteiger charge is -2.19. The van der Waals surface area contributed by atoms with E-state index in [-0.39, 0.29) is 18.7 Å². The van der Waals surface area contributed by atoms with E-state index in [0.717, 1.165) is 0 Å². The lowest BCUT2D eigenvalue weighted by Crippen LogP contribution is -2.25. The van der Waals surface area contributed by atoms with E-state index in [9.17, 15) is 22.8 Å². The lowest BCUT2D eigenvalue weighted by atomic mass is 10.1. The van der Waals surface area contributed by atoms with Gasteiger partial charge in [0.1, 0.15) is 11.4 Å². The maximum atomic E-state index is 12.3. The molecule has 160 valence electrons. The van der Waals surface area contributed by atoms with Gasteiger partial charge in [0.05, 0.1) is 11.9 Å². The Bertz CT molecular complexity index is 1100. The van der Waals surface area contributed by atoms with Crippen molar-refractivity contribution in [3.8, 4) is 16.9 Å². The molecule has 0 saturated carbocycles. The maximum absolute atomic E-state index is 12.3. The van der Waals surface area contributed by atoms with Gasteiger partial charge in [-0.2, -0.15) is 0 Å². The number of halogens is 3. The van der Waals surface area contributed by atoms with E-state index in [1.54, 1.807) is 39.0 Å². The van der Waals surface area contributed by atoms with Crippen molar-refractivity contribution in [1.82, 2.24) is 4.57 Å². The van der Waals surface area contributed by atoms with Crippen LogP contribution in [0, 0.1) is 0 Å². The standard InChI is InChI=1S/C21H20F3NO5/c1-20(2,3)30-18(26)10-11-25-16-12-14(6-9-17(16)28-19(25)27)13-4-7-15(8-5-13)29-21(22,23)24/h4-9,12H,10-11H2,1-3H3. The molecule has 0 amide bonds. The molecule has 6 nitrogen and oxygen atoms in total. The highest BCUT2D eigenvalue weighted by molar-refractivity contribution is 5.81. The third-order valence-electron chi connectivity index (χ3n) is 4.05. The number of oxazole rings is 1. The average molecular weight is 423 g/mol. The van der Waals surface area contributed by atoms with Gasteiger partial charge in [0.2, 0.25) is 0 Å². The zero-order chi connectivity index (χ0) is 22.1. The molecule has 0 saturated heterocycles. The van der Waals surface area contributed by atoms with Crippen molar-refractivity contribution < 1.29 is 31.9 Å². The molecule has 0 radical (unpaired) electrons. The first-order valence-electron chi connectivity index (χ1n) is 9.13. The molecule has 0 aliphatic heterocycles. The Labute approximate surface area is 169 Å². The highest BCUT2D eigenvalue weighted by Gasteiger charge is 2.31. The number of aryl methyl sites for hydroxylation is 1. The molecule has 0 unspecified atom stereocenters. The molecule has 0 N–H and O–H groups in total. The fraction of sp³-hybridized carbons (Fsp3) is 0.333. The van der Waals surface area contributed by atoms with E-state index in [4.69, 9.17) is 9.15 Å². The number of alkyl halides is 3. The molecule has 0 aliphatic carbocycles. The van der Waals surface area contributed by atoms with Gasteiger partial charge in [-0.1, -0.05) is 18.2 Å². The molecule has 0 bridgehead atoms. The Morgan fingerprint density at radius 3 is 2.27 bits per heavy atom. The third-order valence-corrected chi connectivity index (χ3v) is 4.05. The van der Waals surface area contributed by atoms with E-state index in [1.165, 1.54) is 28.8 Å².